The van der Waals surface area contributed by atoms with E-state index in [1.807, 2.05) is 42.6 Å². The summed E-state index contributed by atoms with van der Waals surface area (Å²) in [7, 11) is 0. The van der Waals surface area contributed by atoms with Gasteiger partial charge in [-0.25, -0.2) is 4.98 Å². The highest BCUT2D eigenvalue weighted by Gasteiger charge is 2.28. The first kappa shape index (κ1) is 31.3. The number of anilines is 2. The van der Waals surface area contributed by atoms with Gasteiger partial charge in [-0.1, -0.05) is 53.2 Å². The zero-order valence-electron chi connectivity index (χ0n) is 26.0. The number of nitrogens with two attached hydrogens (primary N) is 1. The Morgan fingerprint density at radius 3 is 2.43 bits per heavy atom. The van der Waals surface area contributed by atoms with E-state index in [1.54, 1.807) is 0 Å². The largest absolute Gasteiger partial charge is 0.493 e. The molecule has 3 aromatic rings. The minimum Gasteiger partial charge on any atom is -0.493 e. The average molecular weight is 570 g/mol. The van der Waals surface area contributed by atoms with Crippen LogP contribution in [0.1, 0.15) is 100.0 Å². The fraction of sp³-hybridized carbons (Fsp3) is 0.444. The summed E-state index contributed by atoms with van der Waals surface area (Å²) in [6.07, 6.45) is 5.32. The number of pyridine rings is 1. The molecule has 0 fully saturated rings. The first-order valence-electron chi connectivity index (χ1n) is 15.4. The van der Waals surface area contributed by atoms with Gasteiger partial charge >= 0.3 is 0 Å². The molecule has 0 atom stereocenters. The molecular formula is C36H47N3O3. The molecule has 42 heavy (non-hydrogen) atoms. The molecule has 2 heterocycles. The van der Waals surface area contributed by atoms with Gasteiger partial charge in [0, 0.05) is 56.4 Å². The number of rotatable bonds is 14. The first-order chi connectivity index (χ1) is 20.2. The number of aromatic nitrogens is 1. The van der Waals surface area contributed by atoms with Gasteiger partial charge in [0.2, 0.25) is 0 Å². The van der Waals surface area contributed by atoms with Gasteiger partial charge in [-0.05, 0) is 88.1 Å². The van der Waals surface area contributed by atoms with E-state index < -0.39 is 0 Å². The van der Waals surface area contributed by atoms with Gasteiger partial charge in [0.05, 0.1) is 6.61 Å². The van der Waals surface area contributed by atoms with Crippen LogP contribution in [0.5, 0.6) is 5.75 Å². The van der Waals surface area contributed by atoms with Gasteiger partial charge in [-0.3, -0.25) is 4.79 Å². The van der Waals surface area contributed by atoms with Crippen LogP contribution in [-0.4, -0.2) is 42.2 Å². The Hall–Kier alpha value is -3.64. The third-order valence-corrected chi connectivity index (χ3v) is 7.94. The van der Waals surface area contributed by atoms with Crippen molar-refractivity contribution in [2.75, 3.05) is 36.9 Å². The topological polar surface area (TPSA) is 88.7 Å². The highest BCUT2D eigenvalue weighted by molar-refractivity contribution is 5.94. The minimum absolute atomic E-state index is 0.0921. The lowest BCUT2D eigenvalue weighted by atomic mass is 9.83. The Morgan fingerprint density at radius 2 is 1.76 bits per heavy atom. The SMILES string of the molecule is CCCCN1CC(CC(=O)Cc2c(C(C)C)cc(N)cc2C(C)C)=C(c2cccc(OCCCO)c2)c2cccnc21. The number of fused-ring (bicyclic) bond motifs is 1. The molecule has 1 aromatic heterocycles. The smallest absolute Gasteiger partial charge is 0.141 e. The second kappa shape index (κ2) is 14.5. The fourth-order valence-corrected chi connectivity index (χ4v) is 5.93. The Kier molecular flexibility index (Phi) is 10.8. The van der Waals surface area contributed by atoms with Gasteiger partial charge in [-0.2, -0.15) is 0 Å². The first-order valence-corrected chi connectivity index (χ1v) is 15.4. The second-order valence-electron chi connectivity index (χ2n) is 12.0. The zero-order valence-corrected chi connectivity index (χ0v) is 26.0. The summed E-state index contributed by atoms with van der Waals surface area (Å²) in [5, 5.41) is 9.19. The Bertz CT molecular complexity index is 1380. The third-order valence-electron chi connectivity index (χ3n) is 7.94. The number of ether oxygens (including phenoxy) is 1. The molecule has 4 rings (SSSR count). The summed E-state index contributed by atoms with van der Waals surface area (Å²) >= 11 is 0. The molecule has 0 saturated carbocycles. The van der Waals surface area contributed by atoms with Crippen LogP contribution in [0.4, 0.5) is 11.5 Å². The average Bonchev–Trinajstić information content (AvgIpc) is 2.96. The monoisotopic (exact) mass is 569 g/mol. The van der Waals surface area contributed by atoms with E-state index in [0.29, 0.717) is 32.4 Å². The predicted octanol–water partition coefficient (Wildman–Crippen LogP) is 7.30. The van der Waals surface area contributed by atoms with E-state index in [0.717, 1.165) is 75.6 Å². The molecule has 224 valence electrons. The van der Waals surface area contributed by atoms with E-state index in [9.17, 15) is 9.90 Å². The lowest BCUT2D eigenvalue weighted by Crippen LogP contribution is -2.33. The number of hydrogen-bond acceptors (Lipinski definition) is 6. The summed E-state index contributed by atoms with van der Waals surface area (Å²) in [6.45, 7) is 13.0. The molecule has 3 N–H and O–H groups in total. The third kappa shape index (κ3) is 7.40. The molecule has 2 aromatic carbocycles. The van der Waals surface area contributed by atoms with Crippen molar-refractivity contribution in [3.63, 3.8) is 0 Å². The Labute approximate surface area is 251 Å². The van der Waals surface area contributed by atoms with Crippen molar-refractivity contribution in [2.45, 2.75) is 78.6 Å². The van der Waals surface area contributed by atoms with Crippen molar-refractivity contribution in [1.29, 1.82) is 0 Å². The molecule has 0 unspecified atom stereocenters. The standard InChI is InChI=1S/C36H47N3O3/c1-6-7-15-39-23-27(18-29(41)22-34-32(24(2)3)20-28(37)21-33(34)25(4)5)35(31-13-9-14-38-36(31)39)26-11-8-12-30(19-26)42-17-10-16-40/h8-9,11-14,19-21,24-25,40H,6-7,10,15-18,22-23,37H2,1-5H3. The fourth-order valence-electron chi connectivity index (χ4n) is 5.93. The van der Waals surface area contributed by atoms with Crippen LogP contribution in [0, 0.1) is 0 Å². The number of nitrogen functional groups attached to an aromatic ring is 1. The van der Waals surface area contributed by atoms with Crippen LogP contribution in [0.15, 0.2) is 60.3 Å². The molecule has 0 radical (unpaired) electrons. The van der Waals surface area contributed by atoms with E-state index in [1.165, 1.54) is 0 Å². The summed E-state index contributed by atoms with van der Waals surface area (Å²) in [5.41, 5.74) is 14.7. The number of aliphatic hydroxyl groups is 1. The lowest BCUT2D eigenvalue weighted by Gasteiger charge is -2.34. The Morgan fingerprint density at radius 1 is 1.02 bits per heavy atom. The second-order valence-corrected chi connectivity index (χ2v) is 12.0. The molecule has 0 saturated heterocycles. The van der Waals surface area contributed by atoms with Crippen LogP contribution < -0.4 is 15.4 Å². The summed E-state index contributed by atoms with van der Waals surface area (Å²) in [5.74, 6) is 2.47. The van der Waals surface area contributed by atoms with E-state index in [-0.39, 0.29) is 24.2 Å². The van der Waals surface area contributed by atoms with Crippen molar-refractivity contribution in [2.24, 2.45) is 0 Å². The molecule has 1 aliphatic heterocycles. The predicted molar refractivity (Wildman–Crippen MR) is 173 cm³/mol. The molecule has 0 bridgehead atoms. The number of carbonyl (C=O) groups excluding carboxylic acids is 1. The maximum atomic E-state index is 14.0. The van der Waals surface area contributed by atoms with Crippen molar-refractivity contribution < 1.29 is 14.6 Å². The quantitative estimate of drug-likeness (QED) is 0.156. The number of Topliss-reactive ketones (excluding diaryl/α,β-unsaturated/α-hetero) is 1. The number of ketones is 1. The van der Waals surface area contributed by atoms with Crippen LogP contribution in [0.25, 0.3) is 5.57 Å². The van der Waals surface area contributed by atoms with E-state index in [2.05, 4.69) is 51.7 Å². The van der Waals surface area contributed by atoms with Crippen LogP contribution in [-0.2, 0) is 11.2 Å². The number of aliphatic hydroxyl groups excluding tert-OH is 1. The number of hydrogen-bond donors (Lipinski definition) is 2. The normalized spacial score (nSPS) is 13.2. The van der Waals surface area contributed by atoms with E-state index in [4.69, 9.17) is 15.5 Å². The maximum Gasteiger partial charge on any atom is 0.141 e. The van der Waals surface area contributed by atoms with Gasteiger partial charge < -0.3 is 20.5 Å². The van der Waals surface area contributed by atoms with E-state index >= 15 is 0 Å². The number of nitrogens with zero attached hydrogens (tertiary/aromatic N) is 2. The van der Waals surface area contributed by atoms with Crippen molar-refractivity contribution >= 4 is 22.9 Å². The van der Waals surface area contributed by atoms with Crippen molar-refractivity contribution in [3.8, 4) is 5.75 Å². The molecule has 0 aliphatic carbocycles. The molecular weight excluding hydrogens is 522 g/mol. The Balaban J connectivity index is 1.77. The maximum absolute atomic E-state index is 14.0. The van der Waals surface area contributed by atoms with Gasteiger partial charge in [-0.15, -0.1) is 0 Å². The number of carbonyl (C=O) groups is 1. The highest BCUT2D eigenvalue weighted by Crippen LogP contribution is 2.40. The summed E-state index contributed by atoms with van der Waals surface area (Å²) < 4.78 is 5.93. The lowest BCUT2D eigenvalue weighted by molar-refractivity contribution is -0.117. The molecule has 6 heteroatoms. The molecule has 0 spiro atoms. The van der Waals surface area contributed by atoms with Crippen LogP contribution in [0.2, 0.25) is 0 Å². The van der Waals surface area contributed by atoms with Crippen LogP contribution in [0.3, 0.4) is 0 Å². The van der Waals surface area contributed by atoms with Crippen molar-refractivity contribution in [3.05, 3.63) is 88.1 Å². The number of benzene rings is 2. The van der Waals surface area contributed by atoms with Gasteiger partial charge in [0.1, 0.15) is 17.4 Å². The van der Waals surface area contributed by atoms with Crippen molar-refractivity contribution in [1.82, 2.24) is 4.98 Å². The number of unbranched alkanes of at least 4 members (excludes halogenated alkanes) is 1. The van der Waals surface area contributed by atoms with Gasteiger partial charge in [0.25, 0.3) is 0 Å². The molecule has 1 aliphatic rings. The summed E-state index contributed by atoms with van der Waals surface area (Å²) in [6, 6.07) is 16.2. The van der Waals surface area contributed by atoms with Gasteiger partial charge in [0.15, 0.2) is 0 Å². The van der Waals surface area contributed by atoms with Crippen LogP contribution >= 0.6 is 0 Å². The summed E-state index contributed by atoms with van der Waals surface area (Å²) in [4.78, 5) is 21.1. The zero-order chi connectivity index (χ0) is 30.2. The highest BCUT2D eigenvalue weighted by atomic mass is 16.5. The molecule has 6 nitrogen and oxygen atoms in total. The minimum atomic E-state index is 0.0921. The molecule has 0 amide bonds.